The summed E-state index contributed by atoms with van der Waals surface area (Å²) in [6, 6.07) is 1.92. The third kappa shape index (κ3) is 3.26. The molecule has 0 spiro atoms. The molecule has 1 atom stereocenters. The van der Waals surface area contributed by atoms with Gasteiger partial charge in [0.15, 0.2) is 0 Å². The monoisotopic (exact) mass is 286 g/mol. The summed E-state index contributed by atoms with van der Waals surface area (Å²) in [5.41, 5.74) is 0.0155. The Morgan fingerprint density at radius 3 is 2.40 bits per heavy atom. The normalized spacial score (nSPS) is 18.0. The predicted octanol–water partition coefficient (Wildman–Crippen LogP) is 1.30. The van der Waals surface area contributed by atoms with Crippen molar-refractivity contribution in [2.45, 2.75) is 12.5 Å². The number of aliphatic hydroxyl groups excluding tert-OH is 1. The van der Waals surface area contributed by atoms with Crippen LogP contribution in [0.1, 0.15) is 18.0 Å². The van der Waals surface area contributed by atoms with E-state index in [9.17, 15) is 13.9 Å². The zero-order chi connectivity index (χ0) is 14.5. The standard InChI is InChI=1S/C14H20F2N2O2/c1-20-10-8-11(15)14(12(16)9-10)13(2-7-19)18-5-3-17-4-6-18/h8-9,13,17,19H,2-7H2,1H3/t13-/m0/s1. The van der Waals surface area contributed by atoms with Gasteiger partial charge in [-0.15, -0.1) is 0 Å². The average molecular weight is 286 g/mol. The fourth-order valence-corrected chi connectivity index (χ4v) is 2.62. The van der Waals surface area contributed by atoms with Crippen LogP contribution in [0, 0.1) is 11.6 Å². The molecule has 1 saturated heterocycles. The van der Waals surface area contributed by atoms with Gasteiger partial charge >= 0.3 is 0 Å². The molecule has 112 valence electrons. The lowest BCUT2D eigenvalue weighted by Crippen LogP contribution is -2.45. The summed E-state index contributed by atoms with van der Waals surface area (Å²) in [4.78, 5) is 2.00. The number of benzene rings is 1. The van der Waals surface area contributed by atoms with Gasteiger partial charge in [-0.1, -0.05) is 0 Å². The van der Waals surface area contributed by atoms with E-state index in [1.54, 1.807) is 0 Å². The molecule has 0 saturated carbocycles. The zero-order valence-corrected chi connectivity index (χ0v) is 11.5. The first-order valence-electron chi connectivity index (χ1n) is 6.76. The number of piperazine rings is 1. The Labute approximate surface area is 117 Å². The number of hydrogen-bond acceptors (Lipinski definition) is 4. The number of methoxy groups -OCH3 is 1. The largest absolute Gasteiger partial charge is 0.497 e. The molecule has 0 unspecified atom stereocenters. The van der Waals surface area contributed by atoms with Crippen LogP contribution in [0.5, 0.6) is 5.75 Å². The van der Waals surface area contributed by atoms with Crippen LogP contribution in [0.4, 0.5) is 8.78 Å². The van der Waals surface area contributed by atoms with Crippen molar-refractivity contribution in [1.82, 2.24) is 10.2 Å². The molecule has 1 aromatic rings. The van der Waals surface area contributed by atoms with E-state index in [1.807, 2.05) is 4.90 Å². The molecule has 1 aliphatic heterocycles. The maximum Gasteiger partial charge on any atom is 0.134 e. The van der Waals surface area contributed by atoms with E-state index in [2.05, 4.69) is 5.32 Å². The number of nitrogens with one attached hydrogen (secondary N) is 1. The van der Waals surface area contributed by atoms with Gasteiger partial charge in [0.25, 0.3) is 0 Å². The topological polar surface area (TPSA) is 44.7 Å². The van der Waals surface area contributed by atoms with E-state index in [0.29, 0.717) is 19.5 Å². The first-order chi connectivity index (χ1) is 9.67. The minimum absolute atomic E-state index is 0.0155. The number of halogens is 2. The van der Waals surface area contributed by atoms with Crippen molar-refractivity contribution < 1.29 is 18.6 Å². The van der Waals surface area contributed by atoms with Crippen LogP contribution in [0.3, 0.4) is 0 Å². The van der Waals surface area contributed by atoms with Crippen molar-refractivity contribution in [3.05, 3.63) is 29.3 Å². The van der Waals surface area contributed by atoms with Gasteiger partial charge in [0, 0.05) is 56.5 Å². The maximum atomic E-state index is 14.2. The smallest absolute Gasteiger partial charge is 0.134 e. The van der Waals surface area contributed by atoms with E-state index in [4.69, 9.17) is 4.74 Å². The Morgan fingerprint density at radius 1 is 1.30 bits per heavy atom. The summed E-state index contributed by atoms with van der Waals surface area (Å²) in [5.74, 6) is -1.09. The van der Waals surface area contributed by atoms with E-state index >= 15 is 0 Å². The summed E-state index contributed by atoms with van der Waals surface area (Å²) in [6.07, 6.45) is 0.306. The maximum absolute atomic E-state index is 14.2. The third-order valence-electron chi connectivity index (χ3n) is 3.62. The summed E-state index contributed by atoms with van der Waals surface area (Å²) in [6.45, 7) is 2.85. The van der Waals surface area contributed by atoms with Crippen LogP contribution >= 0.6 is 0 Å². The van der Waals surface area contributed by atoms with Crippen molar-refractivity contribution in [2.75, 3.05) is 39.9 Å². The van der Waals surface area contributed by atoms with Crippen LogP contribution in [0.25, 0.3) is 0 Å². The van der Waals surface area contributed by atoms with Crippen molar-refractivity contribution in [2.24, 2.45) is 0 Å². The van der Waals surface area contributed by atoms with E-state index in [0.717, 1.165) is 13.1 Å². The molecule has 6 heteroatoms. The Bertz CT molecular complexity index is 428. The van der Waals surface area contributed by atoms with Crippen molar-refractivity contribution in [1.29, 1.82) is 0 Å². The molecule has 4 nitrogen and oxygen atoms in total. The second-order valence-corrected chi connectivity index (χ2v) is 4.82. The van der Waals surface area contributed by atoms with Gasteiger partial charge < -0.3 is 15.2 Å². The first kappa shape index (κ1) is 15.2. The number of aliphatic hydroxyl groups is 1. The lowest BCUT2D eigenvalue weighted by Gasteiger charge is -2.35. The van der Waals surface area contributed by atoms with Crippen LogP contribution in [-0.2, 0) is 0 Å². The highest BCUT2D eigenvalue weighted by molar-refractivity contribution is 5.32. The third-order valence-corrected chi connectivity index (χ3v) is 3.62. The molecule has 1 aromatic carbocycles. The summed E-state index contributed by atoms with van der Waals surface area (Å²) in [7, 11) is 1.37. The molecule has 1 fully saturated rings. The van der Waals surface area contributed by atoms with Gasteiger partial charge in [0.2, 0.25) is 0 Å². The number of hydrogen-bond donors (Lipinski definition) is 2. The summed E-state index contributed by atoms with van der Waals surface area (Å²) < 4.78 is 33.2. The zero-order valence-electron chi connectivity index (χ0n) is 11.5. The van der Waals surface area contributed by atoms with Gasteiger partial charge in [-0.2, -0.15) is 0 Å². The van der Waals surface area contributed by atoms with Crippen molar-refractivity contribution in [3.63, 3.8) is 0 Å². The number of ether oxygens (including phenoxy) is 1. The Hall–Kier alpha value is -1.24. The second kappa shape index (κ2) is 6.97. The van der Waals surface area contributed by atoms with E-state index in [-0.39, 0.29) is 17.9 Å². The molecular weight excluding hydrogens is 266 g/mol. The number of nitrogens with zero attached hydrogens (tertiary/aromatic N) is 1. The minimum atomic E-state index is -0.626. The SMILES string of the molecule is COc1cc(F)c([C@H](CCO)N2CCNCC2)c(F)c1. The second-order valence-electron chi connectivity index (χ2n) is 4.82. The Balaban J connectivity index is 2.33. The van der Waals surface area contributed by atoms with Gasteiger partial charge in [-0.05, 0) is 6.42 Å². The van der Waals surface area contributed by atoms with Crippen LogP contribution in [0.2, 0.25) is 0 Å². The lowest BCUT2D eigenvalue weighted by molar-refractivity contribution is 0.135. The summed E-state index contributed by atoms with van der Waals surface area (Å²) >= 11 is 0. The lowest BCUT2D eigenvalue weighted by atomic mass is 10.00. The molecule has 0 amide bonds. The van der Waals surface area contributed by atoms with Crippen molar-refractivity contribution >= 4 is 0 Å². The van der Waals surface area contributed by atoms with Gasteiger partial charge in [-0.25, -0.2) is 8.78 Å². The van der Waals surface area contributed by atoms with Crippen molar-refractivity contribution in [3.8, 4) is 5.75 Å². The molecule has 2 rings (SSSR count). The molecule has 0 aromatic heterocycles. The molecule has 1 aliphatic rings. The first-order valence-corrected chi connectivity index (χ1v) is 6.76. The van der Waals surface area contributed by atoms with Gasteiger partial charge in [-0.3, -0.25) is 4.90 Å². The van der Waals surface area contributed by atoms with Crippen LogP contribution in [-0.4, -0.2) is 49.9 Å². The molecular formula is C14H20F2N2O2. The highest BCUT2D eigenvalue weighted by atomic mass is 19.1. The van der Waals surface area contributed by atoms with Crippen LogP contribution in [0.15, 0.2) is 12.1 Å². The average Bonchev–Trinajstić information content (AvgIpc) is 2.46. The minimum Gasteiger partial charge on any atom is -0.497 e. The molecule has 1 heterocycles. The number of rotatable bonds is 5. The molecule has 2 N–H and O–H groups in total. The Kier molecular flexibility index (Phi) is 5.28. The Morgan fingerprint density at radius 2 is 1.90 bits per heavy atom. The molecule has 0 radical (unpaired) electrons. The quantitative estimate of drug-likeness (QED) is 0.856. The molecule has 0 aliphatic carbocycles. The molecule has 20 heavy (non-hydrogen) atoms. The van der Waals surface area contributed by atoms with Gasteiger partial charge in [0.05, 0.1) is 7.11 Å². The predicted molar refractivity (Wildman–Crippen MR) is 71.8 cm³/mol. The van der Waals surface area contributed by atoms with E-state index in [1.165, 1.54) is 19.2 Å². The van der Waals surface area contributed by atoms with Crippen LogP contribution < -0.4 is 10.1 Å². The molecule has 0 bridgehead atoms. The van der Waals surface area contributed by atoms with Gasteiger partial charge in [0.1, 0.15) is 17.4 Å². The van der Waals surface area contributed by atoms with E-state index < -0.39 is 17.7 Å². The summed E-state index contributed by atoms with van der Waals surface area (Å²) in [5, 5.41) is 12.4. The highest BCUT2D eigenvalue weighted by Gasteiger charge is 2.27. The fraction of sp³-hybridized carbons (Fsp3) is 0.571. The fourth-order valence-electron chi connectivity index (χ4n) is 2.62. The highest BCUT2D eigenvalue weighted by Crippen LogP contribution is 2.31.